The Morgan fingerprint density at radius 1 is 1.38 bits per heavy atom. The Balaban J connectivity index is 2.64. The molecule has 1 aromatic rings. The summed E-state index contributed by atoms with van der Waals surface area (Å²) in [6.07, 6.45) is 0.638. The van der Waals surface area contributed by atoms with E-state index in [0.29, 0.717) is 6.42 Å². The molecule has 3 nitrogen and oxygen atoms in total. The maximum Gasteiger partial charge on any atom is 0.234 e. The molecule has 1 rings (SSSR count). The van der Waals surface area contributed by atoms with Gasteiger partial charge in [-0.15, -0.1) is 0 Å². The Hall–Kier alpha value is -1.42. The summed E-state index contributed by atoms with van der Waals surface area (Å²) in [5.41, 5.74) is 5.83. The van der Waals surface area contributed by atoms with Gasteiger partial charge in [-0.25, -0.2) is 4.39 Å². The van der Waals surface area contributed by atoms with Crippen molar-refractivity contribution in [3.05, 3.63) is 35.6 Å². The van der Waals surface area contributed by atoms with Crippen LogP contribution in [0.2, 0.25) is 0 Å². The first kappa shape index (κ1) is 12.6. The van der Waals surface area contributed by atoms with Crippen LogP contribution in [0.15, 0.2) is 24.3 Å². The van der Waals surface area contributed by atoms with Crippen molar-refractivity contribution in [3.8, 4) is 0 Å². The van der Waals surface area contributed by atoms with Crippen LogP contribution in [0.3, 0.4) is 0 Å². The molecular formula is C12H17FN2O. The molecule has 0 saturated carbocycles. The number of benzene rings is 1. The zero-order valence-corrected chi connectivity index (χ0v) is 9.59. The number of nitrogens with two attached hydrogens (primary N) is 1. The lowest BCUT2D eigenvalue weighted by atomic mass is 9.95. The highest BCUT2D eigenvalue weighted by Gasteiger charge is 2.20. The summed E-state index contributed by atoms with van der Waals surface area (Å²) in [5.74, 6) is -0.445. The molecule has 0 unspecified atom stereocenters. The lowest BCUT2D eigenvalue weighted by Crippen LogP contribution is -2.47. The van der Waals surface area contributed by atoms with Gasteiger partial charge in [0.05, 0.1) is 6.54 Å². The topological polar surface area (TPSA) is 55.1 Å². The van der Waals surface area contributed by atoms with Crippen molar-refractivity contribution in [2.24, 2.45) is 5.73 Å². The summed E-state index contributed by atoms with van der Waals surface area (Å²) in [4.78, 5) is 11.2. The molecule has 0 saturated heterocycles. The van der Waals surface area contributed by atoms with E-state index in [1.807, 2.05) is 13.8 Å². The van der Waals surface area contributed by atoms with Crippen LogP contribution >= 0.6 is 0 Å². The van der Waals surface area contributed by atoms with E-state index >= 15 is 0 Å². The van der Waals surface area contributed by atoms with Gasteiger partial charge in [0.2, 0.25) is 5.91 Å². The minimum absolute atomic E-state index is 0.0210. The molecule has 0 aliphatic rings. The molecule has 0 bridgehead atoms. The Labute approximate surface area is 94.8 Å². The molecule has 0 heterocycles. The van der Waals surface area contributed by atoms with Crippen LogP contribution in [0.4, 0.5) is 4.39 Å². The molecule has 16 heavy (non-hydrogen) atoms. The molecule has 0 aliphatic heterocycles. The largest absolute Gasteiger partial charge is 0.350 e. The number of rotatable bonds is 4. The summed E-state index contributed by atoms with van der Waals surface area (Å²) < 4.78 is 12.7. The normalized spacial score (nSPS) is 11.2. The van der Waals surface area contributed by atoms with Crippen molar-refractivity contribution in [3.63, 3.8) is 0 Å². The van der Waals surface area contributed by atoms with E-state index in [-0.39, 0.29) is 23.8 Å². The van der Waals surface area contributed by atoms with E-state index in [4.69, 9.17) is 5.73 Å². The molecule has 0 aromatic heterocycles. The van der Waals surface area contributed by atoms with E-state index in [1.165, 1.54) is 12.1 Å². The first-order valence-corrected chi connectivity index (χ1v) is 5.18. The van der Waals surface area contributed by atoms with Gasteiger partial charge in [0.25, 0.3) is 0 Å². The van der Waals surface area contributed by atoms with Crippen LogP contribution in [0.25, 0.3) is 0 Å². The molecule has 1 amide bonds. The van der Waals surface area contributed by atoms with E-state index < -0.39 is 0 Å². The molecule has 3 N–H and O–H groups in total. The molecule has 0 atom stereocenters. The second kappa shape index (κ2) is 5.07. The number of hydrogen-bond acceptors (Lipinski definition) is 2. The minimum Gasteiger partial charge on any atom is -0.350 e. The average molecular weight is 224 g/mol. The summed E-state index contributed by atoms with van der Waals surface area (Å²) in [5, 5.41) is 2.81. The number of amides is 1. The maximum atomic E-state index is 12.7. The van der Waals surface area contributed by atoms with Crippen LogP contribution in [0.1, 0.15) is 19.4 Å². The van der Waals surface area contributed by atoms with Gasteiger partial charge in [0.1, 0.15) is 5.82 Å². The number of carbonyl (C=O) groups excluding carboxylic acids is 1. The third-order valence-corrected chi connectivity index (χ3v) is 2.22. The van der Waals surface area contributed by atoms with Gasteiger partial charge in [-0.3, -0.25) is 4.79 Å². The third kappa shape index (κ3) is 3.98. The number of nitrogens with one attached hydrogen (secondary N) is 1. The monoisotopic (exact) mass is 224 g/mol. The highest BCUT2D eigenvalue weighted by atomic mass is 19.1. The fourth-order valence-corrected chi connectivity index (χ4v) is 1.59. The van der Waals surface area contributed by atoms with Crippen molar-refractivity contribution in [2.75, 3.05) is 6.54 Å². The van der Waals surface area contributed by atoms with Gasteiger partial charge in [-0.1, -0.05) is 12.1 Å². The average Bonchev–Trinajstić information content (AvgIpc) is 2.20. The highest BCUT2D eigenvalue weighted by molar-refractivity contribution is 5.78. The standard InChI is InChI=1S/C12H17FN2O/c1-12(2,15-11(16)8-14)7-9-3-5-10(13)6-4-9/h3-6H,7-8,14H2,1-2H3,(H,15,16). The SMILES string of the molecule is CC(C)(Cc1ccc(F)cc1)NC(=O)CN. The van der Waals surface area contributed by atoms with Crippen molar-refractivity contribution in [1.82, 2.24) is 5.32 Å². The van der Waals surface area contributed by atoms with E-state index in [9.17, 15) is 9.18 Å². The van der Waals surface area contributed by atoms with Crippen LogP contribution < -0.4 is 11.1 Å². The fraction of sp³-hybridized carbons (Fsp3) is 0.417. The Morgan fingerprint density at radius 2 is 1.94 bits per heavy atom. The molecule has 4 heteroatoms. The van der Waals surface area contributed by atoms with Crippen LogP contribution in [0.5, 0.6) is 0 Å². The molecule has 0 aliphatic carbocycles. The summed E-state index contributed by atoms with van der Waals surface area (Å²) in [6.45, 7) is 3.79. The van der Waals surface area contributed by atoms with E-state index in [2.05, 4.69) is 5.32 Å². The molecule has 0 radical (unpaired) electrons. The number of halogens is 1. The summed E-state index contributed by atoms with van der Waals surface area (Å²) in [6, 6.07) is 6.25. The highest BCUT2D eigenvalue weighted by Crippen LogP contribution is 2.13. The zero-order chi connectivity index (χ0) is 12.2. The predicted octanol–water partition coefficient (Wildman–Crippen LogP) is 1.22. The lowest BCUT2D eigenvalue weighted by Gasteiger charge is -2.26. The second-order valence-electron chi connectivity index (χ2n) is 4.44. The molecular weight excluding hydrogens is 207 g/mol. The summed E-state index contributed by atoms with van der Waals surface area (Å²) in [7, 11) is 0. The first-order valence-electron chi connectivity index (χ1n) is 5.18. The van der Waals surface area contributed by atoms with Crippen molar-refractivity contribution in [1.29, 1.82) is 0 Å². The van der Waals surface area contributed by atoms with Crippen LogP contribution in [-0.2, 0) is 11.2 Å². The second-order valence-corrected chi connectivity index (χ2v) is 4.44. The van der Waals surface area contributed by atoms with Crippen molar-refractivity contribution >= 4 is 5.91 Å². The molecule has 1 aromatic carbocycles. The third-order valence-electron chi connectivity index (χ3n) is 2.22. The summed E-state index contributed by atoms with van der Waals surface area (Å²) >= 11 is 0. The van der Waals surface area contributed by atoms with Gasteiger partial charge in [0, 0.05) is 5.54 Å². The number of hydrogen-bond donors (Lipinski definition) is 2. The quantitative estimate of drug-likeness (QED) is 0.808. The minimum atomic E-state index is -0.381. The van der Waals surface area contributed by atoms with Crippen LogP contribution in [0, 0.1) is 5.82 Å². The molecule has 88 valence electrons. The predicted molar refractivity (Wildman–Crippen MR) is 61.4 cm³/mol. The van der Waals surface area contributed by atoms with Gasteiger partial charge in [-0.2, -0.15) is 0 Å². The Morgan fingerprint density at radius 3 is 2.44 bits per heavy atom. The van der Waals surface area contributed by atoms with Gasteiger partial charge in [0.15, 0.2) is 0 Å². The molecule has 0 fully saturated rings. The van der Waals surface area contributed by atoms with Gasteiger partial charge in [-0.05, 0) is 38.0 Å². The lowest BCUT2D eigenvalue weighted by molar-refractivity contribution is -0.121. The maximum absolute atomic E-state index is 12.7. The fourth-order valence-electron chi connectivity index (χ4n) is 1.59. The zero-order valence-electron chi connectivity index (χ0n) is 9.59. The molecule has 0 spiro atoms. The van der Waals surface area contributed by atoms with Crippen LogP contribution in [-0.4, -0.2) is 18.0 Å². The van der Waals surface area contributed by atoms with Crippen molar-refractivity contribution in [2.45, 2.75) is 25.8 Å². The number of carbonyl (C=O) groups is 1. The Kier molecular flexibility index (Phi) is 4.01. The van der Waals surface area contributed by atoms with Gasteiger partial charge < -0.3 is 11.1 Å². The van der Waals surface area contributed by atoms with E-state index in [0.717, 1.165) is 5.56 Å². The first-order chi connectivity index (χ1) is 7.43. The van der Waals surface area contributed by atoms with Crippen molar-refractivity contribution < 1.29 is 9.18 Å². The van der Waals surface area contributed by atoms with E-state index in [1.54, 1.807) is 12.1 Å². The smallest absolute Gasteiger partial charge is 0.234 e. The van der Waals surface area contributed by atoms with Gasteiger partial charge >= 0.3 is 0 Å². The Bertz CT molecular complexity index is 360.